The van der Waals surface area contributed by atoms with E-state index in [0.29, 0.717) is 25.9 Å². The van der Waals surface area contributed by atoms with Crippen LogP contribution in [0.5, 0.6) is 0 Å². The summed E-state index contributed by atoms with van der Waals surface area (Å²) in [5.41, 5.74) is 3.05. The molecule has 1 unspecified atom stereocenters. The minimum atomic E-state index is -3.40. The molecule has 1 saturated heterocycles. The van der Waals surface area contributed by atoms with Gasteiger partial charge >= 0.3 is 0 Å². The van der Waals surface area contributed by atoms with Crippen molar-refractivity contribution in [2.75, 3.05) is 13.1 Å². The molecule has 162 valence electrons. The molecule has 0 spiro atoms. The number of amides is 1. The fraction of sp³-hybridized carbons (Fsp3) is 0.435. The Labute approximate surface area is 188 Å². The highest BCUT2D eigenvalue weighted by Crippen LogP contribution is 2.24. The molecule has 5 nitrogen and oxygen atoms in total. The maximum Gasteiger partial charge on any atom is 0.223 e. The van der Waals surface area contributed by atoms with Crippen LogP contribution in [-0.4, -0.2) is 31.7 Å². The molecule has 0 aliphatic carbocycles. The van der Waals surface area contributed by atoms with Gasteiger partial charge in [0, 0.05) is 23.5 Å². The number of nitrogens with one attached hydrogen (secondary N) is 1. The standard InChI is InChI=1S/C23H29BrN2O3S/c1-3-22(19-9-7-17(2)8-10-19)25-23(27)20-11-13-26(14-12-20)30(28,29)16-18-5-4-6-21(24)15-18/h4-10,15,20,22H,3,11-14,16H2,1-2H3,(H,25,27). The summed E-state index contributed by atoms with van der Waals surface area (Å²) < 4.78 is 28.0. The number of hydrogen-bond acceptors (Lipinski definition) is 3. The Balaban J connectivity index is 1.56. The van der Waals surface area contributed by atoms with Gasteiger partial charge in [-0.3, -0.25) is 4.79 Å². The smallest absolute Gasteiger partial charge is 0.223 e. The number of nitrogens with zero attached hydrogens (tertiary/aromatic N) is 1. The molecular formula is C23H29BrN2O3S. The van der Waals surface area contributed by atoms with Gasteiger partial charge in [-0.15, -0.1) is 0 Å². The predicted octanol–water partition coefficient (Wildman–Crippen LogP) is 4.57. The zero-order chi connectivity index (χ0) is 21.7. The average molecular weight is 493 g/mol. The van der Waals surface area contributed by atoms with Crippen molar-refractivity contribution in [1.29, 1.82) is 0 Å². The molecule has 1 aliphatic heterocycles. The predicted molar refractivity (Wildman–Crippen MR) is 123 cm³/mol. The molecular weight excluding hydrogens is 464 g/mol. The maximum atomic E-state index is 12.8. The van der Waals surface area contributed by atoms with E-state index in [1.807, 2.05) is 31.2 Å². The van der Waals surface area contributed by atoms with Gasteiger partial charge in [0.25, 0.3) is 0 Å². The molecule has 3 rings (SSSR count). The van der Waals surface area contributed by atoms with Gasteiger partial charge in [0.05, 0.1) is 11.8 Å². The van der Waals surface area contributed by atoms with Crippen molar-refractivity contribution in [2.24, 2.45) is 5.92 Å². The second kappa shape index (κ2) is 10.1. The molecule has 1 atom stereocenters. The Morgan fingerprint density at radius 1 is 1.17 bits per heavy atom. The van der Waals surface area contributed by atoms with Crippen LogP contribution in [0, 0.1) is 12.8 Å². The molecule has 30 heavy (non-hydrogen) atoms. The Kier molecular flexibility index (Phi) is 7.71. The van der Waals surface area contributed by atoms with E-state index in [1.165, 1.54) is 9.87 Å². The first-order valence-corrected chi connectivity index (χ1v) is 12.8. The summed E-state index contributed by atoms with van der Waals surface area (Å²) in [6.07, 6.45) is 1.91. The van der Waals surface area contributed by atoms with E-state index in [2.05, 4.69) is 52.4 Å². The summed E-state index contributed by atoms with van der Waals surface area (Å²) in [5, 5.41) is 3.16. The summed E-state index contributed by atoms with van der Waals surface area (Å²) in [7, 11) is -3.40. The van der Waals surface area contributed by atoms with Crippen molar-refractivity contribution < 1.29 is 13.2 Å². The van der Waals surface area contributed by atoms with Gasteiger partial charge in [0.15, 0.2) is 0 Å². The number of piperidine rings is 1. The molecule has 0 saturated carbocycles. The third kappa shape index (κ3) is 5.93. The van der Waals surface area contributed by atoms with Crippen molar-refractivity contribution in [2.45, 2.75) is 44.9 Å². The summed E-state index contributed by atoms with van der Waals surface area (Å²) >= 11 is 3.38. The van der Waals surface area contributed by atoms with Crippen molar-refractivity contribution in [3.05, 3.63) is 69.7 Å². The lowest BCUT2D eigenvalue weighted by molar-refractivity contribution is -0.126. The van der Waals surface area contributed by atoms with Gasteiger partial charge in [0.2, 0.25) is 15.9 Å². The first-order chi connectivity index (χ1) is 14.3. The Bertz CT molecular complexity index is 968. The second-order valence-electron chi connectivity index (χ2n) is 7.94. The zero-order valence-corrected chi connectivity index (χ0v) is 19.9. The van der Waals surface area contributed by atoms with Crippen LogP contribution in [0.1, 0.15) is 48.9 Å². The van der Waals surface area contributed by atoms with Gasteiger partial charge in [0.1, 0.15) is 0 Å². The molecule has 0 aromatic heterocycles. The topological polar surface area (TPSA) is 66.5 Å². The van der Waals surface area contributed by atoms with Gasteiger partial charge in [-0.2, -0.15) is 0 Å². The Hall–Kier alpha value is -1.70. The lowest BCUT2D eigenvalue weighted by atomic mass is 9.95. The monoisotopic (exact) mass is 492 g/mol. The third-order valence-electron chi connectivity index (χ3n) is 5.66. The third-order valence-corrected chi connectivity index (χ3v) is 8.00. The first kappa shape index (κ1) is 23.0. The van der Waals surface area contributed by atoms with Gasteiger partial charge in [-0.05, 0) is 49.4 Å². The molecule has 0 radical (unpaired) electrons. The van der Waals surface area contributed by atoms with Crippen LogP contribution >= 0.6 is 15.9 Å². The fourth-order valence-corrected chi connectivity index (χ4v) is 5.83. The van der Waals surface area contributed by atoms with E-state index in [-0.39, 0.29) is 23.6 Å². The summed E-state index contributed by atoms with van der Waals surface area (Å²) in [4.78, 5) is 12.8. The molecule has 1 aliphatic rings. The van der Waals surface area contributed by atoms with E-state index in [1.54, 1.807) is 0 Å². The van der Waals surface area contributed by atoms with E-state index in [0.717, 1.165) is 22.0 Å². The normalized spacial score (nSPS) is 16.9. The first-order valence-electron chi connectivity index (χ1n) is 10.4. The quantitative estimate of drug-likeness (QED) is 0.615. The lowest BCUT2D eigenvalue weighted by Crippen LogP contribution is -2.44. The van der Waals surface area contributed by atoms with Crippen LogP contribution in [0.15, 0.2) is 53.0 Å². The summed E-state index contributed by atoms with van der Waals surface area (Å²) in [6.45, 7) is 4.87. The number of carbonyl (C=O) groups is 1. The molecule has 1 fully saturated rings. The maximum absolute atomic E-state index is 12.8. The highest BCUT2D eigenvalue weighted by molar-refractivity contribution is 9.10. The van der Waals surface area contributed by atoms with Crippen LogP contribution in [0.4, 0.5) is 0 Å². The second-order valence-corrected chi connectivity index (χ2v) is 10.8. The molecule has 7 heteroatoms. The van der Waals surface area contributed by atoms with E-state index >= 15 is 0 Å². The van der Waals surface area contributed by atoms with Crippen LogP contribution in [0.3, 0.4) is 0 Å². The number of benzene rings is 2. The van der Waals surface area contributed by atoms with Crippen LogP contribution in [0.2, 0.25) is 0 Å². The lowest BCUT2D eigenvalue weighted by Gasteiger charge is -2.31. The van der Waals surface area contributed by atoms with Gasteiger partial charge < -0.3 is 5.32 Å². The van der Waals surface area contributed by atoms with E-state index < -0.39 is 10.0 Å². The van der Waals surface area contributed by atoms with Crippen LogP contribution in [0.25, 0.3) is 0 Å². The Morgan fingerprint density at radius 2 is 1.83 bits per heavy atom. The average Bonchev–Trinajstić information content (AvgIpc) is 2.72. The SMILES string of the molecule is CCC(NC(=O)C1CCN(S(=O)(=O)Cc2cccc(Br)c2)CC1)c1ccc(C)cc1. The van der Waals surface area contributed by atoms with Gasteiger partial charge in [-0.25, -0.2) is 12.7 Å². The molecule has 1 heterocycles. The number of sulfonamides is 1. The van der Waals surface area contributed by atoms with Crippen LogP contribution in [-0.2, 0) is 20.6 Å². The number of carbonyl (C=O) groups excluding carboxylic acids is 1. The number of halogens is 1. The summed E-state index contributed by atoms with van der Waals surface area (Å²) in [6, 6.07) is 15.6. The molecule has 1 N–H and O–H groups in total. The number of aryl methyl sites for hydroxylation is 1. The van der Waals surface area contributed by atoms with Gasteiger partial charge in [-0.1, -0.05) is 64.8 Å². The zero-order valence-electron chi connectivity index (χ0n) is 17.5. The molecule has 0 bridgehead atoms. The van der Waals surface area contributed by atoms with Crippen molar-refractivity contribution in [3.63, 3.8) is 0 Å². The van der Waals surface area contributed by atoms with E-state index in [9.17, 15) is 13.2 Å². The largest absolute Gasteiger partial charge is 0.349 e. The molecule has 2 aromatic rings. The van der Waals surface area contributed by atoms with Crippen molar-refractivity contribution >= 4 is 31.9 Å². The fourth-order valence-electron chi connectivity index (χ4n) is 3.83. The summed E-state index contributed by atoms with van der Waals surface area (Å²) in [5.74, 6) is -0.150. The van der Waals surface area contributed by atoms with Crippen LogP contribution < -0.4 is 5.32 Å². The highest BCUT2D eigenvalue weighted by Gasteiger charge is 2.31. The molecule has 2 aromatic carbocycles. The Morgan fingerprint density at radius 3 is 2.43 bits per heavy atom. The highest BCUT2D eigenvalue weighted by atomic mass is 79.9. The molecule has 1 amide bonds. The number of rotatable bonds is 7. The minimum absolute atomic E-state index is 0.0172. The van der Waals surface area contributed by atoms with E-state index in [4.69, 9.17) is 0 Å². The van der Waals surface area contributed by atoms with Crippen molar-refractivity contribution in [3.8, 4) is 0 Å². The van der Waals surface area contributed by atoms with Crippen molar-refractivity contribution in [1.82, 2.24) is 9.62 Å². The number of hydrogen-bond donors (Lipinski definition) is 1. The minimum Gasteiger partial charge on any atom is -0.349 e.